The van der Waals surface area contributed by atoms with E-state index in [2.05, 4.69) is 36.2 Å². The molecule has 1 atom stereocenters. The molecule has 0 aromatic carbocycles. The van der Waals surface area contributed by atoms with E-state index in [9.17, 15) is 0 Å². The Morgan fingerprint density at radius 2 is 2.43 bits per heavy atom. The van der Waals surface area contributed by atoms with Crippen molar-refractivity contribution in [3.8, 4) is 0 Å². The van der Waals surface area contributed by atoms with Gasteiger partial charge in [0.05, 0.1) is 0 Å². The molecule has 3 heteroatoms. The molecule has 2 rings (SSSR count). The normalized spacial score (nSPS) is 24.0. The van der Waals surface area contributed by atoms with E-state index >= 15 is 0 Å². The zero-order chi connectivity index (χ0) is 9.97. The Hall–Kier alpha value is -0.380. The third-order valence-corrected chi connectivity index (χ3v) is 3.78. The van der Waals surface area contributed by atoms with Crippen LogP contribution < -0.4 is 5.32 Å². The van der Waals surface area contributed by atoms with E-state index in [0.717, 1.165) is 19.6 Å². The Balaban J connectivity index is 1.95. The van der Waals surface area contributed by atoms with Gasteiger partial charge in [0.25, 0.3) is 0 Å². The van der Waals surface area contributed by atoms with Gasteiger partial charge in [-0.05, 0) is 26.0 Å². The van der Waals surface area contributed by atoms with E-state index in [1.807, 2.05) is 11.3 Å². The molecule has 0 saturated carbocycles. The first-order valence-electron chi connectivity index (χ1n) is 5.26. The molecular formula is C11H18N2S. The molecule has 1 aromatic heterocycles. The topological polar surface area (TPSA) is 15.3 Å². The number of nitrogens with one attached hydrogen (secondary N) is 1. The summed E-state index contributed by atoms with van der Waals surface area (Å²) in [6.45, 7) is 9.04. The molecule has 1 aromatic rings. The van der Waals surface area contributed by atoms with Crippen molar-refractivity contribution in [1.82, 2.24) is 10.2 Å². The first-order chi connectivity index (χ1) is 6.75. The second kappa shape index (κ2) is 4.43. The van der Waals surface area contributed by atoms with Crippen molar-refractivity contribution in [2.45, 2.75) is 26.4 Å². The molecule has 0 aliphatic carbocycles. The lowest BCUT2D eigenvalue weighted by atomic mass is 10.2. The Labute approximate surface area is 89.9 Å². The second-order valence-corrected chi connectivity index (χ2v) is 5.41. The van der Waals surface area contributed by atoms with Gasteiger partial charge in [-0.3, -0.25) is 4.90 Å². The number of thiophene rings is 1. The van der Waals surface area contributed by atoms with Gasteiger partial charge in [-0.15, -0.1) is 11.3 Å². The zero-order valence-corrected chi connectivity index (χ0v) is 9.73. The highest BCUT2D eigenvalue weighted by Gasteiger charge is 2.17. The van der Waals surface area contributed by atoms with E-state index in [0.29, 0.717) is 6.04 Å². The molecule has 1 aliphatic rings. The summed E-state index contributed by atoms with van der Waals surface area (Å²) in [6.07, 6.45) is 0. The van der Waals surface area contributed by atoms with Crippen LogP contribution in [0.15, 0.2) is 12.1 Å². The minimum absolute atomic E-state index is 0.672. The van der Waals surface area contributed by atoms with Gasteiger partial charge >= 0.3 is 0 Å². The van der Waals surface area contributed by atoms with Crippen molar-refractivity contribution in [2.75, 3.05) is 19.6 Å². The molecule has 0 amide bonds. The Morgan fingerprint density at radius 1 is 1.57 bits per heavy atom. The summed E-state index contributed by atoms with van der Waals surface area (Å²) in [6, 6.07) is 5.15. The van der Waals surface area contributed by atoms with Crippen LogP contribution in [-0.2, 0) is 6.54 Å². The Morgan fingerprint density at radius 3 is 3.07 bits per heavy atom. The maximum atomic E-state index is 3.42. The molecule has 14 heavy (non-hydrogen) atoms. The highest BCUT2D eigenvalue weighted by atomic mass is 32.1. The lowest BCUT2D eigenvalue weighted by molar-refractivity contribution is 0.167. The van der Waals surface area contributed by atoms with Crippen LogP contribution in [0.2, 0.25) is 0 Å². The quantitative estimate of drug-likeness (QED) is 0.801. The van der Waals surface area contributed by atoms with Crippen molar-refractivity contribution in [1.29, 1.82) is 0 Å². The maximum absolute atomic E-state index is 3.42. The summed E-state index contributed by atoms with van der Waals surface area (Å²) in [5, 5.41) is 3.42. The van der Waals surface area contributed by atoms with Crippen molar-refractivity contribution in [3.63, 3.8) is 0 Å². The minimum Gasteiger partial charge on any atom is -0.314 e. The smallest absolute Gasteiger partial charge is 0.0331 e. The predicted octanol–water partition coefficient (Wildman–Crippen LogP) is 1.85. The lowest BCUT2D eigenvalue weighted by Gasteiger charge is -2.33. The van der Waals surface area contributed by atoms with Gasteiger partial charge in [-0.1, -0.05) is 0 Å². The van der Waals surface area contributed by atoms with Crippen LogP contribution in [0.25, 0.3) is 0 Å². The van der Waals surface area contributed by atoms with Crippen LogP contribution in [0.1, 0.15) is 16.7 Å². The van der Waals surface area contributed by atoms with Crippen LogP contribution in [0, 0.1) is 6.92 Å². The summed E-state index contributed by atoms with van der Waals surface area (Å²) >= 11 is 1.92. The molecule has 1 N–H and O–H groups in total. The molecule has 0 unspecified atom stereocenters. The summed E-state index contributed by atoms with van der Waals surface area (Å²) < 4.78 is 0. The maximum Gasteiger partial charge on any atom is 0.0331 e. The molecule has 0 spiro atoms. The first-order valence-corrected chi connectivity index (χ1v) is 6.07. The summed E-state index contributed by atoms with van der Waals surface area (Å²) in [4.78, 5) is 5.47. The minimum atomic E-state index is 0.672. The van der Waals surface area contributed by atoms with E-state index < -0.39 is 0 Å². The second-order valence-electron chi connectivity index (χ2n) is 4.04. The monoisotopic (exact) mass is 210 g/mol. The first kappa shape index (κ1) is 10.1. The van der Waals surface area contributed by atoms with Crippen LogP contribution in [0.4, 0.5) is 0 Å². The highest BCUT2D eigenvalue weighted by molar-refractivity contribution is 7.11. The predicted molar refractivity (Wildman–Crippen MR) is 61.8 cm³/mol. The summed E-state index contributed by atoms with van der Waals surface area (Å²) in [5.41, 5.74) is 0. The third-order valence-electron chi connectivity index (χ3n) is 2.79. The largest absolute Gasteiger partial charge is 0.314 e. The fraction of sp³-hybridized carbons (Fsp3) is 0.636. The van der Waals surface area contributed by atoms with Crippen LogP contribution in [0.5, 0.6) is 0 Å². The van der Waals surface area contributed by atoms with Gasteiger partial charge in [0.1, 0.15) is 0 Å². The van der Waals surface area contributed by atoms with Gasteiger partial charge in [0.15, 0.2) is 0 Å². The number of nitrogens with zero attached hydrogens (tertiary/aromatic N) is 1. The lowest BCUT2D eigenvalue weighted by Crippen LogP contribution is -2.49. The molecule has 2 nitrogen and oxygen atoms in total. The van der Waals surface area contributed by atoms with Gasteiger partial charge < -0.3 is 5.32 Å². The third kappa shape index (κ3) is 2.35. The van der Waals surface area contributed by atoms with Crippen molar-refractivity contribution in [3.05, 3.63) is 21.9 Å². The summed E-state index contributed by atoms with van der Waals surface area (Å²) in [5.74, 6) is 0. The number of hydrogen-bond acceptors (Lipinski definition) is 3. The van der Waals surface area contributed by atoms with Gasteiger partial charge in [0, 0.05) is 42.0 Å². The van der Waals surface area contributed by atoms with Crippen LogP contribution >= 0.6 is 11.3 Å². The molecule has 2 heterocycles. The SMILES string of the molecule is Cc1ccc(CN2CCNC[C@H]2C)s1. The van der Waals surface area contributed by atoms with Gasteiger partial charge in [-0.2, -0.15) is 0 Å². The number of hydrogen-bond donors (Lipinski definition) is 1. The van der Waals surface area contributed by atoms with Gasteiger partial charge in [-0.25, -0.2) is 0 Å². The van der Waals surface area contributed by atoms with E-state index in [1.54, 1.807) is 0 Å². The molecule has 1 saturated heterocycles. The van der Waals surface area contributed by atoms with E-state index in [1.165, 1.54) is 16.3 Å². The Bertz CT molecular complexity index is 295. The fourth-order valence-corrected chi connectivity index (χ4v) is 2.80. The molecule has 78 valence electrons. The van der Waals surface area contributed by atoms with Crippen LogP contribution in [0.3, 0.4) is 0 Å². The molecule has 1 fully saturated rings. The number of rotatable bonds is 2. The average molecular weight is 210 g/mol. The van der Waals surface area contributed by atoms with Crippen molar-refractivity contribution < 1.29 is 0 Å². The molecule has 0 bridgehead atoms. The number of aryl methyl sites for hydroxylation is 1. The van der Waals surface area contributed by atoms with Gasteiger partial charge in [0.2, 0.25) is 0 Å². The van der Waals surface area contributed by atoms with E-state index in [4.69, 9.17) is 0 Å². The Kier molecular flexibility index (Phi) is 3.21. The molecule has 1 aliphatic heterocycles. The molecular weight excluding hydrogens is 192 g/mol. The zero-order valence-electron chi connectivity index (χ0n) is 8.92. The fourth-order valence-electron chi connectivity index (χ4n) is 1.89. The number of piperazine rings is 1. The highest BCUT2D eigenvalue weighted by Crippen LogP contribution is 2.18. The summed E-state index contributed by atoms with van der Waals surface area (Å²) in [7, 11) is 0. The standard InChI is InChI=1S/C11H18N2S/c1-9-7-12-5-6-13(9)8-11-4-3-10(2)14-11/h3-4,9,12H,5-8H2,1-2H3/t9-/m1/s1. The van der Waals surface area contributed by atoms with E-state index in [-0.39, 0.29) is 0 Å². The van der Waals surface area contributed by atoms with Crippen LogP contribution in [-0.4, -0.2) is 30.6 Å². The average Bonchev–Trinajstić information content (AvgIpc) is 2.56. The van der Waals surface area contributed by atoms with Crippen molar-refractivity contribution >= 4 is 11.3 Å². The molecule has 0 radical (unpaired) electrons. The van der Waals surface area contributed by atoms with Crippen molar-refractivity contribution in [2.24, 2.45) is 0 Å².